The summed E-state index contributed by atoms with van der Waals surface area (Å²) in [6, 6.07) is 3.87. The summed E-state index contributed by atoms with van der Waals surface area (Å²) >= 11 is 6.44. The third-order valence-electron chi connectivity index (χ3n) is 5.94. The fourth-order valence-electron chi connectivity index (χ4n) is 4.29. The smallest absolute Gasteiger partial charge is 0.262 e. The maximum absolute atomic E-state index is 13.2. The quantitative estimate of drug-likeness (QED) is 0.655. The Morgan fingerprint density at radius 1 is 1.06 bits per heavy atom. The minimum atomic E-state index is -0.358. The number of aliphatic hydroxyl groups excluding tert-OH is 1. The second-order valence-corrected chi connectivity index (χ2v) is 8.73. The van der Waals surface area contributed by atoms with E-state index < -0.39 is 0 Å². The van der Waals surface area contributed by atoms with Crippen molar-refractivity contribution in [3.05, 3.63) is 58.1 Å². The number of nitrogens with zero attached hydrogens (tertiary/aromatic N) is 6. The largest absolute Gasteiger partial charge is 0.391 e. The van der Waals surface area contributed by atoms with E-state index in [-0.39, 0.29) is 12.0 Å². The van der Waals surface area contributed by atoms with Gasteiger partial charge < -0.3 is 10.0 Å². The summed E-state index contributed by atoms with van der Waals surface area (Å²) in [6.45, 7) is 5.67. The Kier molecular flexibility index (Phi) is 5.27. The minimum absolute atomic E-state index is 0.186. The van der Waals surface area contributed by atoms with Crippen LogP contribution in [0.5, 0.6) is 0 Å². The summed E-state index contributed by atoms with van der Waals surface area (Å²) in [5, 5.41) is 10.3. The van der Waals surface area contributed by atoms with E-state index in [0.717, 1.165) is 28.1 Å². The molecule has 2 aliphatic heterocycles. The van der Waals surface area contributed by atoms with Crippen LogP contribution in [0.1, 0.15) is 33.6 Å². The summed E-state index contributed by atoms with van der Waals surface area (Å²) in [7, 11) is 0. The van der Waals surface area contributed by atoms with E-state index >= 15 is 0 Å². The first-order chi connectivity index (χ1) is 15.4. The zero-order valence-electron chi connectivity index (χ0n) is 17.9. The molecule has 1 unspecified atom stereocenters. The molecule has 1 amide bonds. The molecule has 1 N–H and O–H groups in total. The van der Waals surface area contributed by atoms with E-state index in [4.69, 9.17) is 11.6 Å². The van der Waals surface area contributed by atoms with Gasteiger partial charge in [0.05, 0.1) is 28.1 Å². The van der Waals surface area contributed by atoms with Crippen molar-refractivity contribution >= 4 is 29.3 Å². The van der Waals surface area contributed by atoms with Gasteiger partial charge in [0, 0.05) is 50.2 Å². The summed E-state index contributed by atoms with van der Waals surface area (Å²) in [5.74, 6) is 0.900. The summed E-state index contributed by atoms with van der Waals surface area (Å²) in [5.41, 5.74) is 4.79. The van der Waals surface area contributed by atoms with Crippen LogP contribution in [0.3, 0.4) is 0 Å². The standard InChI is InChI=1S/C23H23ClN6O2/c1-13-7-14(2)21(26-9-13)16-8-20(25-11-18(16)24)30-6-4-19-17(22(30)32)10-27-23(28-19)29-5-3-15(31)12-29/h7-11,15,31H,3-6,12H2,1-2H3. The number of halogens is 1. The molecule has 0 radical (unpaired) electrons. The van der Waals surface area contributed by atoms with Gasteiger partial charge in [-0.25, -0.2) is 15.0 Å². The highest BCUT2D eigenvalue weighted by atomic mass is 35.5. The highest BCUT2D eigenvalue weighted by Crippen LogP contribution is 2.33. The lowest BCUT2D eigenvalue weighted by Crippen LogP contribution is -2.39. The molecule has 3 aromatic rings. The first kappa shape index (κ1) is 20.8. The van der Waals surface area contributed by atoms with Crippen LogP contribution in [0.2, 0.25) is 5.02 Å². The third-order valence-corrected chi connectivity index (χ3v) is 6.24. The van der Waals surface area contributed by atoms with Crippen molar-refractivity contribution in [3.63, 3.8) is 0 Å². The van der Waals surface area contributed by atoms with Gasteiger partial charge >= 0.3 is 0 Å². The Labute approximate surface area is 190 Å². The molecule has 3 aromatic heterocycles. The number of amides is 1. The molecule has 1 fully saturated rings. The molecular weight excluding hydrogens is 428 g/mol. The number of β-amino-alcohol motifs (C(OH)–C–C–N with tert-alkyl or cyclic N) is 1. The van der Waals surface area contributed by atoms with Gasteiger partial charge in [-0.15, -0.1) is 0 Å². The Bertz CT molecular complexity index is 1220. The molecule has 32 heavy (non-hydrogen) atoms. The number of aryl methyl sites for hydroxylation is 2. The predicted octanol–water partition coefficient (Wildman–Crippen LogP) is 2.98. The number of hydrogen-bond donors (Lipinski definition) is 1. The number of anilines is 2. The fraction of sp³-hybridized carbons (Fsp3) is 0.348. The van der Waals surface area contributed by atoms with Gasteiger partial charge in [-0.05, 0) is 37.5 Å². The third kappa shape index (κ3) is 3.69. The lowest BCUT2D eigenvalue weighted by atomic mass is 10.0. The maximum atomic E-state index is 13.2. The van der Waals surface area contributed by atoms with E-state index in [1.54, 1.807) is 23.5 Å². The van der Waals surface area contributed by atoms with Crippen molar-refractivity contribution in [2.75, 3.05) is 29.4 Å². The van der Waals surface area contributed by atoms with Gasteiger partial charge in [-0.1, -0.05) is 17.7 Å². The maximum Gasteiger partial charge on any atom is 0.262 e. The number of aromatic nitrogens is 4. The lowest BCUT2D eigenvalue weighted by Gasteiger charge is -2.28. The van der Waals surface area contributed by atoms with Gasteiger partial charge in [-0.3, -0.25) is 14.7 Å². The molecule has 2 aliphatic rings. The summed E-state index contributed by atoms with van der Waals surface area (Å²) in [6.07, 6.45) is 5.88. The van der Waals surface area contributed by atoms with Crippen LogP contribution in [0.15, 0.2) is 30.7 Å². The van der Waals surface area contributed by atoms with E-state index in [1.807, 2.05) is 24.8 Å². The molecule has 0 aromatic carbocycles. The van der Waals surface area contributed by atoms with Crippen molar-refractivity contribution in [3.8, 4) is 11.3 Å². The van der Waals surface area contributed by atoms with Gasteiger partial charge in [0.2, 0.25) is 5.95 Å². The molecule has 164 valence electrons. The zero-order valence-corrected chi connectivity index (χ0v) is 18.7. The number of aliphatic hydroxyl groups is 1. The Balaban J connectivity index is 1.45. The van der Waals surface area contributed by atoms with E-state index in [2.05, 4.69) is 26.0 Å². The van der Waals surface area contributed by atoms with E-state index in [0.29, 0.717) is 54.8 Å². The van der Waals surface area contributed by atoms with Crippen LogP contribution in [0.4, 0.5) is 11.8 Å². The number of carbonyl (C=O) groups is 1. The van der Waals surface area contributed by atoms with Gasteiger partial charge in [0.1, 0.15) is 5.82 Å². The molecule has 0 bridgehead atoms. The number of hydrogen-bond acceptors (Lipinski definition) is 7. The second-order valence-electron chi connectivity index (χ2n) is 8.33. The van der Waals surface area contributed by atoms with E-state index in [1.165, 1.54) is 0 Å². The summed E-state index contributed by atoms with van der Waals surface area (Å²) < 4.78 is 0. The van der Waals surface area contributed by atoms with Crippen molar-refractivity contribution in [1.82, 2.24) is 19.9 Å². The van der Waals surface area contributed by atoms with Gasteiger partial charge in [0.15, 0.2) is 0 Å². The highest BCUT2D eigenvalue weighted by Gasteiger charge is 2.30. The van der Waals surface area contributed by atoms with Crippen LogP contribution in [0, 0.1) is 13.8 Å². The van der Waals surface area contributed by atoms with Crippen molar-refractivity contribution in [1.29, 1.82) is 0 Å². The molecule has 5 heterocycles. The van der Waals surface area contributed by atoms with Crippen molar-refractivity contribution < 1.29 is 9.90 Å². The van der Waals surface area contributed by atoms with Crippen LogP contribution < -0.4 is 9.80 Å². The molecule has 0 aliphatic carbocycles. The summed E-state index contributed by atoms with van der Waals surface area (Å²) in [4.78, 5) is 34.8. The Morgan fingerprint density at radius 3 is 2.66 bits per heavy atom. The average molecular weight is 451 g/mol. The molecule has 1 saturated heterocycles. The Hall–Kier alpha value is -3.10. The molecular formula is C23H23ClN6O2. The van der Waals surface area contributed by atoms with Gasteiger partial charge in [0.25, 0.3) is 5.91 Å². The van der Waals surface area contributed by atoms with E-state index in [9.17, 15) is 9.90 Å². The van der Waals surface area contributed by atoms with Crippen LogP contribution in [-0.4, -0.2) is 56.7 Å². The monoisotopic (exact) mass is 450 g/mol. The highest BCUT2D eigenvalue weighted by molar-refractivity contribution is 6.33. The molecule has 0 saturated carbocycles. The van der Waals surface area contributed by atoms with Crippen LogP contribution in [0.25, 0.3) is 11.3 Å². The number of rotatable bonds is 3. The van der Waals surface area contributed by atoms with Crippen LogP contribution >= 0.6 is 11.6 Å². The van der Waals surface area contributed by atoms with Crippen molar-refractivity contribution in [2.45, 2.75) is 32.8 Å². The topological polar surface area (TPSA) is 95.3 Å². The van der Waals surface area contributed by atoms with Crippen LogP contribution in [-0.2, 0) is 6.42 Å². The molecule has 1 atom stereocenters. The number of carbonyl (C=O) groups excluding carboxylic acids is 1. The fourth-order valence-corrected chi connectivity index (χ4v) is 4.48. The van der Waals surface area contributed by atoms with Crippen molar-refractivity contribution in [2.24, 2.45) is 0 Å². The molecule has 8 nitrogen and oxygen atoms in total. The second kappa shape index (κ2) is 8.11. The Morgan fingerprint density at radius 2 is 1.91 bits per heavy atom. The normalized spacial score (nSPS) is 18.2. The average Bonchev–Trinajstić information content (AvgIpc) is 3.21. The SMILES string of the molecule is Cc1cnc(-c2cc(N3CCc4nc(N5CCC(O)C5)ncc4C3=O)ncc2Cl)c(C)c1. The lowest BCUT2D eigenvalue weighted by molar-refractivity contribution is 0.0978. The molecule has 5 rings (SSSR count). The zero-order chi connectivity index (χ0) is 22.4. The first-order valence-electron chi connectivity index (χ1n) is 10.6. The molecule has 0 spiro atoms. The first-order valence-corrected chi connectivity index (χ1v) is 11.0. The number of pyridine rings is 2. The molecule has 9 heteroatoms. The minimum Gasteiger partial charge on any atom is -0.391 e. The predicted molar refractivity (Wildman–Crippen MR) is 122 cm³/mol. The number of fused-ring (bicyclic) bond motifs is 1. The van der Waals surface area contributed by atoms with Gasteiger partial charge in [-0.2, -0.15) is 0 Å².